The molecule has 5 heteroatoms. The maximum atomic E-state index is 12.9. The molecular weight excluding hydrogens is 328 g/mol. The van der Waals surface area contributed by atoms with Crippen LogP contribution in [0.5, 0.6) is 0 Å². The highest BCUT2D eigenvalue weighted by Crippen LogP contribution is 2.31. The topological polar surface area (TPSA) is 66.5 Å². The van der Waals surface area contributed by atoms with Crippen LogP contribution in [0.25, 0.3) is 0 Å². The third-order valence-electron chi connectivity index (χ3n) is 4.93. The van der Waals surface area contributed by atoms with E-state index in [0.717, 1.165) is 11.1 Å². The summed E-state index contributed by atoms with van der Waals surface area (Å²) >= 11 is 0. The summed E-state index contributed by atoms with van der Waals surface area (Å²) in [4.78, 5) is 39.5. The number of carbonyl (C=O) groups is 3. The van der Waals surface area contributed by atoms with Gasteiger partial charge in [0.15, 0.2) is 5.78 Å². The van der Waals surface area contributed by atoms with Gasteiger partial charge in [-0.15, -0.1) is 0 Å². The fourth-order valence-corrected chi connectivity index (χ4v) is 3.26. The van der Waals surface area contributed by atoms with Crippen molar-refractivity contribution in [1.29, 1.82) is 0 Å². The van der Waals surface area contributed by atoms with Crippen LogP contribution >= 0.6 is 0 Å². The zero-order valence-electron chi connectivity index (χ0n) is 15.2. The molecule has 1 aliphatic heterocycles. The van der Waals surface area contributed by atoms with Crippen LogP contribution in [0.1, 0.15) is 33.5 Å². The highest BCUT2D eigenvalue weighted by molar-refractivity contribution is 6.18. The minimum atomic E-state index is -0.988. The molecule has 0 radical (unpaired) electrons. The summed E-state index contributed by atoms with van der Waals surface area (Å²) in [6, 6.07) is 13.1. The number of para-hydroxylation sites is 1. The van der Waals surface area contributed by atoms with Crippen LogP contribution in [0.3, 0.4) is 0 Å². The standard InChI is InChI=1S/C21H22N2O3/c1-13-8-9-15(10-14(13)2)12-23-18-7-5-4-6-16(18)20(25)17(11-19(23)24)21(26)22-3/h4-10,17H,11-12H2,1-3H3,(H,22,26). The second-order valence-electron chi connectivity index (χ2n) is 6.65. The lowest BCUT2D eigenvalue weighted by Crippen LogP contribution is -2.36. The summed E-state index contributed by atoms with van der Waals surface area (Å²) in [6.07, 6.45) is -0.127. The Kier molecular flexibility index (Phi) is 4.89. The van der Waals surface area contributed by atoms with Crippen LogP contribution in [0.4, 0.5) is 5.69 Å². The van der Waals surface area contributed by atoms with Gasteiger partial charge in [-0.05, 0) is 42.7 Å². The number of ketones is 1. The summed E-state index contributed by atoms with van der Waals surface area (Å²) in [5.74, 6) is -1.95. The minimum absolute atomic E-state index is 0.127. The number of amides is 2. The number of rotatable bonds is 3. The average Bonchev–Trinajstić information content (AvgIpc) is 2.74. The molecule has 2 aromatic rings. The predicted molar refractivity (Wildman–Crippen MR) is 100 cm³/mol. The molecule has 5 nitrogen and oxygen atoms in total. The number of nitrogens with one attached hydrogen (secondary N) is 1. The number of aryl methyl sites for hydroxylation is 2. The average molecular weight is 350 g/mol. The molecule has 3 rings (SSSR count). The predicted octanol–water partition coefficient (Wildman–Crippen LogP) is 2.79. The van der Waals surface area contributed by atoms with Crippen molar-refractivity contribution in [2.24, 2.45) is 5.92 Å². The van der Waals surface area contributed by atoms with Crippen LogP contribution in [-0.4, -0.2) is 24.6 Å². The van der Waals surface area contributed by atoms with Gasteiger partial charge in [0.1, 0.15) is 5.92 Å². The molecule has 134 valence electrons. The third-order valence-corrected chi connectivity index (χ3v) is 4.93. The van der Waals surface area contributed by atoms with Crippen molar-refractivity contribution < 1.29 is 14.4 Å². The van der Waals surface area contributed by atoms with Gasteiger partial charge < -0.3 is 10.2 Å². The largest absolute Gasteiger partial charge is 0.359 e. The number of fused-ring (bicyclic) bond motifs is 1. The highest BCUT2D eigenvalue weighted by Gasteiger charge is 2.37. The Balaban J connectivity index is 2.03. The summed E-state index contributed by atoms with van der Waals surface area (Å²) in [6.45, 7) is 4.44. The van der Waals surface area contributed by atoms with Gasteiger partial charge in [0, 0.05) is 19.0 Å². The van der Waals surface area contributed by atoms with Gasteiger partial charge in [0.05, 0.1) is 12.2 Å². The molecule has 26 heavy (non-hydrogen) atoms. The van der Waals surface area contributed by atoms with E-state index in [1.807, 2.05) is 32.0 Å². The summed E-state index contributed by atoms with van der Waals surface area (Å²) < 4.78 is 0. The van der Waals surface area contributed by atoms with E-state index >= 15 is 0 Å². The van der Waals surface area contributed by atoms with E-state index in [9.17, 15) is 14.4 Å². The van der Waals surface area contributed by atoms with Crippen molar-refractivity contribution >= 4 is 23.3 Å². The van der Waals surface area contributed by atoms with Crippen molar-refractivity contribution in [1.82, 2.24) is 5.32 Å². The monoisotopic (exact) mass is 350 g/mol. The third kappa shape index (κ3) is 3.25. The molecule has 1 aliphatic rings. The summed E-state index contributed by atoms with van der Waals surface area (Å²) in [7, 11) is 1.48. The van der Waals surface area contributed by atoms with Crippen LogP contribution in [0.2, 0.25) is 0 Å². The Morgan fingerprint density at radius 3 is 2.54 bits per heavy atom. The molecule has 2 aromatic carbocycles. The van der Waals surface area contributed by atoms with Crippen molar-refractivity contribution in [3.8, 4) is 0 Å². The Morgan fingerprint density at radius 1 is 1.12 bits per heavy atom. The second kappa shape index (κ2) is 7.12. The van der Waals surface area contributed by atoms with Gasteiger partial charge in [-0.1, -0.05) is 30.3 Å². The molecule has 0 saturated carbocycles. The molecule has 0 spiro atoms. The van der Waals surface area contributed by atoms with Crippen molar-refractivity contribution in [3.05, 3.63) is 64.7 Å². The SMILES string of the molecule is CNC(=O)C1CC(=O)N(Cc2ccc(C)c(C)c2)c2ccccc2C1=O. The van der Waals surface area contributed by atoms with E-state index < -0.39 is 11.8 Å². The molecule has 1 N–H and O–H groups in total. The summed E-state index contributed by atoms with van der Waals surface area (Å²) in [5, 5.41) is 2.49. The number of hydrogen-bond acceptors (Lipinski definition) is 3. The fraction of sp³-hybridized carbons (Fsp3) is 0.286. The first-order valence-corrected chi connectivity index (χ1v) is 8.63. The molecule has 1 unspecified atom stereocenters. The van der Waals surface area contributed by atoms with Gasteiger partial charge in [-0.25, -0.2) is 0 Å². The van der Waals surface area contributed by atoms with Crippen LogP contribution in [0, 0.1) is 19.8 Å². The first-order chi connectivity index (χ1) is 12.4. The molecule has 1 atom stereocenters. The van der Waals surface area contributed by atoms with E-state index in [4.69, 9.17) is 0 Å². The molecule has 0 bridgehead atoms. The molecule has 0 fully saturated rings. The Hall–Kier alpha value is -2.95. The molecular formula is C21H22N2O3. The minimum Gasteiger partial charge on any atom is -0.359 e. The molecule has 0 aromatic heterocycles. The lowest BCUT2D eigenvalue weighted by atomic mass is 9.94. The maximum Gasteiger partial charge on any atom is 0.231 e. The van der Waals surface area contributed by atoms with E-state index in [-0.39, 0.29) is 18.1 Å². The molecule has 0 aliphatic carbocycles. The second-order valence-corrected chi connectivity index (χ2v) is 6.65. The Bertz CT molecular complexity index is 889. The van der Waals surface area contributed by atoms with Gasteiger partial charge in [0.25, 0.3) is 0 Å². The normalized spacial score (nSPS) is 16.9. The number of benzene rings is 2. The van der Waals surface area contributed by atoms with Crippen molar-refractivity contribution in [3.63, 3.8) is 0 Å². The smallest absolute Gasteiger partial charge is 0.231 e. The molecule has 2 amide bonds. The number of hydrogen-bond donors (Lipinski definition) is 1. The number of anilines is 1. The van der Waals surface area contributed by atoms with Crippen molar-refractivity contribution in [2.75, 3.05) is 11.9 Å². The van der Waals surface area contributed by atoms with Gasteiger partial charge >= 0.3 is 0 Å². The van der Waals surface area contributed by atoms with E-state index in [0.29, 0.717) is 17.8 Å². The zero-order valence-corrected chi connectivity index (χ0v) is 15.2. The lowest BCUT2D eigenvalue weighted by molar-refractivity contribution is -0.127. The molecule has 0 saturated heterocycles. The number of Topliss-reactive ketones (excluding diaryl/α,β-unsaturated/α-hetero) is 1. The van der Waals surface area contributed by atoms with Gasteiger partial charge in [-0.2, -0.15) is 0 Å². The van der Waals surface area contributed by atoms with Gasteiger partial charge in [-0.3, -0.25) is 14.4 Å². The first-order valence-electron chi connectivity index (χ1n) is 8.63. The van der Waals surface area contributed by atoms with Crippen LogP contribution in [0.15, 0.2) is 42.5 Å². The quantitative estimate of drug-likeness (QED) is 0.866. The zero-order chi connectivity index (χ0) is 18.8. The maximum absolute atomic E-state index is 12.9. The van der Waals surface area contributed by atoms with E-state index in [1.54, 1.807) is 29.2 Å². The number of carbonyl (C=O) groups excluding carboxylic acids is 3. The van der Waals surface area contributed by atoms with E-state index in [2.05, 4.69) is 5.32 Å². The molecule has 1 heterocycles. The first kappa shape index (κ1) is 17.9. The van der Waals surface area contributed by atoms with Crippen LogP contribution in [-0.2, 0) is 16.1 Å². The Morgan fingerprint density at radius 2 is 1.85 bits per heavy atom. The highest BCUT2D eigenvalue weighted by atomic mass is 16.2. The summed E-state index contributed by atoms with van der Waals surface area (Å²) in [5.41, 5.74) is 4.30. The van der Waals surface area contributed by atoms with Crippen molar-refractivity contribution in [2.45, 2.75) is 26.8 Å². The fourth-order valence-electron chi connectivity index (χ4n) is 3.26. The van der Waals surface area contributed by atoms with Gasteiger partial charge in [0.2, 0.25) is 11.8 Å². The van der Waals surface area contributed by atoms with E-state index in [1.165, 1.54) is 12.6 Å². The van der Waals surface area contributed by atoms with Crippen LogP contribution < -0.4 is 10.2 Å². The Labute approximate surface area is 153 Å². The lowest BCUT2D eigenvalue weighted by Gasteiger charge is -2.23. The number of nitrogens with zero attached hydrogens (tertiary/aromatic N) is 1.